The first kappa shape index (κ1) is 25.0. The number of aryl methyl sites for hydroxylation is 1. The molecule has 0 spiro atoms. The number of carbonyl (C=O) groups excluding carboxylic acids is 2. The summed E-state index contributed by atoms with van der Waals surface area (Å²) in [5.41, 5.74) is 3.32. The number of hydrogen-bond acceptors (Lipinski definition) is 6. The smallest absolute Gasteiger partial charge is 0.295 e. The SMILES string of the molecule is COCCN1C(=O)C(=O)/C(=C(/O)c2ccc(OCc3ccccc3C)cc2)C1c1cccc(OC)c1. The molecule has 1 aliphatic rings. The number of ether oxygens (including phenoxy) is 3. The second-order valence-corrected chi connectivity index (χ2v) is 8.50. The summed E-state index contributed by atoms with van der Waals surface area (Å²) in [5, 5.41) is 11.2. The van der Waals surface area contributed by atoms with Gasteiger partial charge >= 0.3 is 0 Å². The van der Waals surface area contributed by atoms with Crippen LogP contribution in [0.5, 0.6) is 11.5 Å². The molecule has 7 heteroatoms. The van der Waals surface area contributed by atoms with Crippen LogP contribution in [-0.4, -0.2) is 49.1 Å². The summed E-state index contributed by atoms with van der Waals surface area (Å²) in [6.07, 6.45) is 0. The van der Waals surface area contributed by atoms with Crippen LogP contribution >= 0.6 is 0 Å². The predicted octanol–water partition coefficient (Wildman–Crippen LogP) is 4.65. The third-order valence-corrected chi connectivity index (χ3v) is 6.27. The fourth-order valence-electron chi connectivity index (χ4n) is 4.26. The number of amides is 1. The summed E-state index contributed by atoms with van der Waals surface area (Å²) in [6.45, 7) is 2.89. The normalized spacial score (nSPS) is 16.9. The lowest BCUT2D eigenvalue weighted by atomic mass is 9.95. The number of aliphatic hydroxyl groups excluding tert-OH is 1. The highest BCUT2D eigenvalue weighted by atomic mass is 16.5. The van der Waals surface area contributed by atoms with Crippen LogP contribution in [0.15, 0.2) is 78.4 Å². The molecule has 1 atom stereocenters. The number of hydrogen-bond donors (Lipinski definition) is 1. The van der Waals surface area contributed by atoms with Gasteiger partial charge in [0.05, 0.1) is 25.3 Å². The van der Waals surface area contributed by atoms with E-state index in [4.69, 9.17) is 14.2 Å². The Morgan fingerprint density at radius 2 is 1.69 bits per heavy atom. The molecule has 1 saturated heterocycles. The molecule has 0 bridgehead atoms. The van der Waals surface area contributed by atoms with E-state index in [1.54, 1.807) is 55.6 Å². The van der Waals surface area contributed by atoms with Crippen LogP contribution in [0.1, 0.15) is 28.3 Å². The quantitative estimate of drug-likeness (QED) is 0.269. The topological polar surface area (TPSA) is 85.3 Å². The number of ketones is 1. The van der Waals surface area contributed by atoms with Crippen molar-refractivity contribution in [2.45, 2.75) is 19.6 Å². The molecule has 3 aromatic rings. The number of nitrogens with zero attached hydrogens (tertiary/aromatic N) is 1. The molecule has 3 aromatic carbocycles. The molecule has 7 nitrogen and oxygen atoms in total. The molecule has 1 aliphatic heterocycles. The molecule has 0 saturated carbocycles. The van der Waals surface area contributed by atoms with E-state index in [1.165, 1.54) is 12.0 Å². The Balaban J connectivity index is 1.66. The van der Waals surface area contributed by atoms with Crippen molar-refractivity contribution < 1.29 is 28.9 Å². The van der Waals surface area contributed by atoms with E-state index < -0.39 is 17.7 Å². The standard InChI is InChI=1S/C29H29NO6/c1-19-7-4-5-8-22(19)18-36-23-13-11-20(12-14-23)27(31)25-26(21-9-6-10-24(17-21)35-3)30(15-16-34-2)29(33)28(25)32/h4-14,17,26,31H,15-16,18H2,1-3H3/b27-25+. The number of Topliss-reactive ketones (excluding diaryl/α,β-unsaturated/α-hetero) is 1. The van der Waals surface area contributed by atoms with Crippen molar-refractivity contribution in [3.63, 3.8) is 0 Å². The van der Waals surface area contributed by atoms with Crippen LogP contribution in [0.3, 0.4) is 0 Å². The fraction of sp³-hybridized carbons (Fsp3) is 0.241. The van der Waals surface area contributed by atoms with E-state index >= 15 is 0 Å². The fourth-order valence-corrected chi connectivity index (χ4v) is 4.26. The van der Waals surface area contributed by atoms with Crippen LogP contribution in [0.4, 0.5) is 0 Å². The number of likely N-dealkylation sites (tertiary alicyclic amines) is 1. The van der Waals surface area contributed by atoms with Crippen LogP contribution in [0.25, 0.3) is 5.76 Å². The highest BCUT2D eigenvalue weighted by Gasteiger charge is 2.46. The Hall–Kier alpha value is -4.10. The van der Waals surface area contributed by atoms with Crippen molar-refractivity contribution >= 4 is 17.4 Å². The molecule has 1 fully saturated rings. The summed E-state index contributed by atoms with van der Waals surface area (Å²) >= 11 is 0. The molecule has 0 radical (unpaired) electrons. The minimum atomic E-state index is -0.771. The summed E-state index contributed by atoms with van der Waals surface area (Å²) in [5.74, 6) is -0.456. The zero-order valence-corrected chi connectivity index (χ0v) is 20.6. The second-order valence-electron chi connectivity index (χ2n) is 8.50. The van der Waals surface area contributed by atoms with Gasteiger partial charge in [-0.1, -0.05) is 36.4 Å². The van der Waals surface area contributed by atoms with Gasteiger partial charge in [0, 0.05) is 19.2 Å². The Labute approximate surface area is 210 Å². The number of carbonyl (C=O) groups is 2. The summed E-state index contributed by atoms with van der Waals surface area (Å²) in [6, 6.07) is 21.1. The number of benzene rings is 3. The average molecular weight is 488 g/mol. The van der Waals surface area contributed by atoms with Gasteiger partial charge in [-0.2, -0.15) is 0 Å². The van der Waals surface area contributed by atoms with Crippen LogP contribution in [0, 0.1) is 6.92 Å². The largest absolute Gasteiger partial charge is 0.507 e. The van der Waals surface area contributed by atoms with Crippen molar-refractivity contribution in [3.05, 3.63) is 101 Å². The van der Waals surface area contributed by atoms with E-state index in [0.29, 0.717) is 29.2 Å². The van der Waals surface area contributed by atoms with E-state index in [0.717, 1.165) is 11.1 Å². The number of rotatable bonds is 9. The average Bonchev–Trinajstić information content (AvgIpc) is 3.16. The lowest BCUT2D eigenvalue weighted by molar-refractivity contribution is -0.140. The first-order chi connectivity index (χ1) is 17.4. The number of methoxy groups -OCH3 is 2. The maximum atomic E-state index is 13.1. The Morgan fingerprint density at radius 1 is 0.944 bits per heavy atom. The number of aliphatic hydroxyl groups is 1. The molecule has 0 aliphatic carbocycles. The van der Waals surface area contributed by atoms with Crippen molar-refractivity contribution in [3.8, 4) is 11.5 Å². The molecule has 36 heavy (non-hydrogen) atoms. The van der Waals surface area contributed by atoms with E-state index in [-0.39, 0.29) is 24.5 Å². The monoisotopic (exact) mass is 487 g/mol. The third-order valence-electron chi connectivity index (χ3n) is 6.27. The van der Waals surface area contributed by atoms with Gasteiger partial charge in [-0.05, 0) is 60.0 Å². The summed E-state index contributed by atoms with van der Waals surface area (Å²) < 4.78 is 16.4. The van der Waals surface area contributed by atoms with Crippen LogP contribution in [0.2, 0.25) is 0 Å². The Morgan fingerprint density at radius 3 is 2.39 bits per heavy atom. The molecule has 4 rings (SSSR count). The van der Waals surface area contributed by atoms with E-state index in [1.807, 2.05) is 31.2 Å². The van der Waals surface area contributed by atoms with E-state index in [2.05, 4.69) is 0 Å². The Kier molecular flexibility index (Phi) is 7.71. The summed E-state index contributed by atoms with van der Waals surface area (Å²) in [7, 11) is 3.07. The lowest BCUT2D eigenvalue weighted by Crippen LogP contribution is -2.32. The molecule has 186 valence electrons. The first-order valence-corrected chi connectivity index (χ1v) is 11.6. The summed E-state index contributed by atoms with van der Waals surface area (Å²) in [4.78, 5) is 27.4. The van der Waals surface area contributed by atoms with Gasteiger partial charge in [0.25, 0.3) is 11.7 Å². The van der Waals surface area contributed by atoms with Gasteiger partial charge < -0.3 is 24.2 Å². The zero-order valence-electron chi connectivity index (χ0n) is 20.6. The minimum absolute atomic E-state index is 0.0259. The van der Waals surface area contributed by atoms with E-state index in [9.17, 15) is 14.7 Å². The van der Waals surface area contributed by atoms with Gasteiger partial charge in [0.1, 0.15) is 23.9 Å². The maximum Gasteiger partial charge on any atom is 0.295 e. The van der Waals surface area contributed by atoms with Crippen molar-refractivity contribution in [1.29, 1.82) is 0 Å². The zero-order chi connectivity index (χ0) is 25.7. The highest BCUT2D eigenvalue weighted by molar-refractivity contribution is 6.46. The molecule has 1 amide bonds. The van der Waals surface area contributed by atoms with Gasteiger partial charge in [-0.3, -0.25) is 9.59 Å². The predicted molar refractivity (Wildman–Crippen MR) is 136 cm³/mol. The van der Waals surface area contributed by atoms with Gasteiger partial charge in [0.2, 0.25) is 0 Å². The second kappa shape index (κ2) is 11.1. The van der Waals surface area contributed by atoms with Gasteiger partial charge in [-0.15, -0.1) is 0 Å². The van der Waals surface area contributed by atoms with Crippen LogP contribution in [-0.2, 0) is 20.9 Å². The van der Waals surface area contributed by atoms with Crippen molar-refractivity contribution in [2.24, 2.45) is 0 Å². The molecule has 1 N–H and O–H groups in total. The molecule has 1 unspecified atom stereocenters. The molecule has 1 heterocycles. The van der Waals surface area contributed by atoms with Crippen molar-refractivity contribution in [1.82, 2.24) is 4.90 Å². The first-order valence-electron chi connectivity index (χ1n) is 11.6. The van der Waals surface area contributed by atoms with Crippen molar-refractivity contribution in [2.75, 3.05) is 27.4 Å². The molecule has 0 aromatic heterocycles. The van der Waals surface area contributed by atoms with Gasteiger partial charge in [0.15, 0.2) is 0 Å². The lowest BCUT2D eigenvalue weighted by Gasteiger charge is -2.25. The van der Waals surface area contributed by atoms with Gasteiger partial charge in [-0.25, -0.2) is 0 Å². The Bertz CT molecular complexity index is 1280. The maximum absolute atomic E-state index is 13.1. The highest BCUT2D eigenvalue weighted by Crippen LogP contribution is 2.40. The molecular formula is C29H29NO6. The third kappa shape index (κ3) is 5.11. The van der Waals surface area contributed by atoms with Crippen LogP contribution < -0.4 is 9.47 Å². The minimum Gasteiger partial charge on any atom is -0.507 e. The molecular weight excluding hydrogens is 458 g/mol.